The fourth-order valence-corrected chi connectivity index (χ4v) is 6.54. The smallest absolute Gasteiger partial charge is 0.182 e. The number of hydrogen-bond donors (Lipinski definition) is 0. The van der Waals surface area contributed by atoms with Gasteiger partial charge in [-0.3, -0.25) is 0 Å². The zero-order chi connectivity index (χ0) is 25.5. The molecule has 0 aliphatic rings. The first-order valence-corrected chi connectivity index (χ1v) is 13.2. The summed E-state index contributed by atoms with van der Waals surface area (Å²) in [6.45, 7) is 0. The topological polar surface area (TPSA) is 35.9 Å². The molecule has 4 nitrogen and oxygen atoms in total. The van der Waals surface area contributed by atoms with E-state index in [0.29, 0.717) is 0 Å². The average molecular weight is 500 g/mol. The van der Waals surface area contributed by atoms with Gasteiger partial charge in [0.05, 0.1) is 27.8 Å². The van der Waals surface area contributed by atoms with Crippen molar-refractivity contribution in [1.29, 1.82) is 0 Å². The van der Waals surface area contributed by atoms with Crippen molar-refractivity contribution >= 4 is 65.5 Å². The third kappa shape index (κ3) is 2.65. The van der Waals surface area contributed by atoms with Crippen LogP contribution in [0.5, 0.6) is 0 Å². The van der Waals surface area contributed by atoms with E-state index in [-0.39, 0.29) is 0 Å². The van der Waals surface area contributed by atoms with E-state index >= 15 is 0 Å². The van der Waals surface area contributed by atoms with E-state index in [9.17, 15) is 0 Å². The number of benzene rings is 6. The highest BCUT2D eigenvalue weighted by Crippen LogP contribution is 2.46. The molecule has 9 aromatic rings. The first kappa shape index (κ1) is 20.7. The molecule has 9 rings (SSSR count). The Labute approximate surface area is 222 Å². The minimum absolute atomic E-state index is 0.781. The lowest BCUT2D eigenvalue weighted by molar-refractivity contribution is 0.600. The molecule has 0 bridgehead atoms. The number of para-hydroxylation sites is 4. The molecule has 0 N–H and O–H groups in total. The van der Waals surface area contributed by atoms with Gasteiger partial charge in [-0.1, -0.05) is 84.9 Å². The van der Waals surface area contributed by atoms with E-state index < -0.39 is 0 Å². The fraction of sp³-hybridized carbons (Fsp3) is 0. The molecule has 0 unspecified atom stereocenters. The summed E-state index contributed by atoms with van der Waals surface area (Å²) in [6.07, 6.45) is 1.54. The molecule has 182 valence electrons. The summed E-state index contributed by atoms with van der Waals surface area (Å²) in [4.78, 5) is 4.48. The van der Waals surface area contributed by atoms with Crippen molar-refractivity contribution in [3.8, 4) is 11.4 Å². The third-order valence-electron chi connectivity index (χ3n) is 8.03. The fourth-order valence-electron chi connectivity index (χ4n) is 6.54. The Morgan fingerprint density at radius 3 is 1.74 bits per heavy atom. The van der Waals surface area contributed by atoms with Crippen LogP contribution in [0.15, 0.2) is 132 Å². The molecule has 39 heavy (non-hydrogen) atoms. The van der Waals surface area contributed by atoms with Crippen LogP contribution in [0, 0.1) is 0 Å². The maximum Gasteiger partial charge on any atom is 0.182 e. The maximum atomic E-state index is 6.01. The normalized spacial score (nSPS) is 12.1. The molecule has 0 spiro atoms. The molecule has 3 aromatic heterocycles. The SMILES string of the molecule is c1ccc(-n2c3ccccc3c3c4ccccc4c4c5ccccc5n(-c5cccc6ncoc56)c4c32)cc1. The Bertz CT molecular complexity index is 2390. The predicted molar refractivity (Wildman–Crippen MR) is 160 cm³/mol. The van der Waals surface area contributed by atoms with E-state index in [1.165, 1.54) is 49.7 Å². The van der Waals surface area contributed by atoms with Gasteiger partial charge in [-0.15, -0.1) is 0 Å². The Morgan fingerprint density at radius 1 is 0.487 bits per heavy atom. The number of hydrogen-bond acceptors (Lipinski definition) is 2. The molecule has 0 atom stereocenters. The molecule has 0 fully saturated rings. The van der Waals surface area contributed by atoms with Gasteiger partial charge in [-0.25, -0.2) is 4.98 Å². The lowest BCUT2D eigenvalue weighted by Gasteiger charge is -2.14. The summed E-state index contributed by atoms with van der Waals surface area (Å²) >= 11 is 0. The van der Waals surface area contributed by atoms with Gasteiger partial charge in [-0.05, 0) is 47.2 Å². The number of aromatic nitrogens is 3. The summed E-state index contributed by atoms with van der Waals surface area (Å²) in [6, 6.07) is 43.1. The zero-order valence-corrected chi connectivity index (χ0v) is 20.9. The van der Waals surface area contributed by atoms with Crippen LogP contribution >= 0.6 is 0 Å². The van der Waals surface area contributed by atoms with Gasteiger partial charge >= 0.3 is 0 Å². The van der Waals surface area contributed by atoms with Crippen molar-refractivity contribution in [3.63, 3.8) is 0 Å². The highest BCUT2D eigenvalue weighted by atomic mass is 16.3. The monoisotopic (exact) mass is 499 g/mol. The van der Waals surface area contributed by atoms with E-state index in [0.717, 1.165) is 33.5 Å². The largest absolute Gasteiger partial charge is 0.441 e. The number of fused-ring (bicyclic) bond motifs is 11. The van der Waals surface area contributed by atoms with Gasteiger partial charge in [-0.2, -0.15) is 0 Å². The molecule has 0 aliphatic heterocycles. The standard InChI is InChI=1S/C35H21N3O/c1-2-11-22(12-3-1)37-28-18-8-6-15-25(28)31-23-13-4-5-14-24(23)32-26-16-7-9-19-29(26)38(34(32)33(31)37)30-20-10-17-27-35(30)39-21-36-27/h1-21H. The highest BCUT2D eigenvalue weighted by molar-refractivity contribution is 6.36. The van der Waals surface area contributed by atoms with E-state index in [4.69, 9.17) is 4.42 Å². The van der Waals surface area contributed by atoms with Crippen molar-refractivity contribution in [2.24, 2.45) is 0 Å². The van der Waals surface area contributed by atoms with Gasteiger partial charge in [0.15, 0.2) is 12.0 Å². The lowest BCUT2D eigenvalue weighted by atomic mass is 9.98. The highest BCUT2D eigenvalue weighted by Gasteiger charge is 2.25. The van der Waals surface area contributed by atoms with Crippen molar-refractivity contribution in [2.75, 3.05) is 0 Å². The Balaban J connectivity index is 1.68. The van der Waals surface area contributed by atoms with Crippen molar-refractivity contribution < 1.29 is 4.42 Å². The van der Waals surface area contributed by atoms with E-state index in [2.05, 4.69) is 129 Å². The molecule has 3 heterocycles. The van der Waals surface area contributed by atoms with Crippen LogP contribution in [-0.2, 0) is 0 Å². The van der Waals surface area contributed by atoms with Crippen molar-refractivity contribution in [1.82, 2.24) is 14.1 Å². The summed E-state index contributed by atoms with van der Waals surface area (Å²) in [5.41, 5.74) is 8.41. The Morgan fingerprint density at radius 2 is 1.05 bits per heavy atom. The summed E-state index contributed by atoms with van der Waals surface area (Å²) < 4.78 is 10.8. The van der Waals surface area contributed by atoms with Gasteiger partial charge in [0.2, 0.25) is 0 Å². The number of nitrogens with zero attached hydrogens (tertiary/aromatic N) is 3. The summed E-state index contributed by atoms with van der Waals surface area (Å²) in [7, 11) is 0. The van der Waals surface area contributed by atoms with Crippen LogP contribution in [0.3, 0.4) is 0 Å². The van der Waals surface area contributed by atoms with Gasteiger partial charge in [0, 0.05) is 27.2 Å². The first-order chi connectivity index (χ1) is 19.4. The van der Waals surface area contributed by atoms with Crippen LogP contribution in [0.1, 0.15) is 0 Å². The molecule has 6 aromatic carbocycles. The quantitative estimate of drug-likeness (QED) is 0.238. The molecule has 0 radical (unpaired) electrons. The van der Waals surface area contributed by atoms with Crippen LogP contribution in [0.2, 0.25) is 0 Å². The zero-order valence-electron chi connectivity index (χ0n) is 20.9. The second kappa shape index (κ2) is 7.59. The van der Waals surface area contributed by atoms with Gasteiger partial charge < -0.3 is 13.6 Å². The van der Waals surface area contributed by atoms with Gasteiger partial charge in [0.25, 0.3) is 0 Å². The van der Waals surface area contributed by atoms with Gasteiger partial charge in [0.1, 0.15) is 5.52 Å². The number of oxazole rings is 1. The third-order valence-corrected chi connectivity index (χ3v) is 8.03. The van der Waals surface area contributed by atoms with Crippen LogP contribution in [0.4, 0.5) is 0 Å². The minimum Gasteiger partial charge on any atom is -0.441 e. The van der Waals surface area contributed by atoms with Crippen molar-refractivity contribution in [2.45, 2.75) is 0 Å². The van der Waals surface area contributed by atoms with E-state index in [1.54, 1.807) is 0 Å². The van der Waals surface area contributed by atoms with E-state index in [1.807, 2.05) is 6.07 Å². The Kier molecular flexibility index (Phi) is 4.02. The molecular weight excluding hydrogens is 478 g/mol. The molecule has 0 saturated carbocycles. The van der Waals surface area contributed by atoms with Crippen LogP contribution in [-0.4, -0.2) is 14.1 Å². The predicted octanol–water partition coefficient (Wildman–Crippen LogP) is 9.18. The molecule has 0 saturated heterocycles. The molecular formula is C35H21N3O. The molecule has 4 heteroatoms. The maximum absolute atomic E-state index is 6.01. The minimum atomic E-state index is 0.781. The molecule has 0 aliphatic carbocycles. The summed E-state index contributed by atoms with van der Waals surface area (Å²) in [5.74, 6) is 0. The van der Waals surface area contributed by atoms with Crippen LogP contribution < -0.4 is 0 Å². The second-order valence-electron chi connectivity index (χ2n) is 10.0. The first-order valence-electron chi connectivity index (χ1n) is 13.2. The molecule has 0 amide bonds. The summed E-state index contributed by atoms with van der Waals surface area (Å²) in [5, 5.41) is 7.45. The van der Waals surface area contributed by atoms with Crippen molar-refractivity contribution in [3.05, 3.63) is 128 Å². The Hall–Kier alpha value is -5.35. The number of rotatable bonds is 2. The van der Waals surface area contributed by atoms with Crippen LogP contribution in [0.25, 0.3) is 76.9 Å². The average Bonchev–Trinajstić information content (AvgIpc) is 3.70. The second-order valence-corrected chi connectivity index (χ2v) is 10.0. The lowest BCUT2D eigenvalue weighted by Crippen LogP contribution is -1.99.